The topological polar surface area (TPSA) is 817 Å². The van der Waals surface area contributed by atoms with Crippen molar-refractivity contribution in [2.24, 2.45) is 17.8 Å². The van der Waals surface area contributed by atoms with Crippen molar-refractivity contribution < 1.29 is 164 Å². The lowest BCUT2D eigenvalue weighted by Gasteiger charge is -2.26. The summed E-state index contributed by atoms with van der Waals surface area (Å²) in [5, 5.41) is 207. The summed E-state index contributed by atoms with van der Waals surface area (Å²) < 4.78 is 0. The van der Waals surface area contributed by atoms with E-state index in [0.29, 0.717) is 11.4 Å². The molecule has 2 heterocycles. The molecule has 0 saturated heterocycles. The van der Waals surface area contributed by atoms with E-state index in [2.05, 4.69) is 75.1 Å². The van der Waals surface area contributed by atoms with E-state index in [4.69, 9.17) is 10.8 Å². The molecule has 0 unspecified atom stereocenters. The van der Waals surface area contributed by atoms with Crippen molar-refractivity contribution in [2.45, 2.75) is 200 Å². The molecule has 47 nitrogen and oxygen atoms in total. The Kier molecular flexibility index (Phi) is 43.6. The van der Waals surface area contributed by atoms with Gasteiger partial charge in [-0.2, -0.15) is 17.6 Å². The average molecular weight is 1680 g/mol. The van der Waals surface area contributed by atoms with Crippen molar-refractivity contribution in [3.63, 3.8) is 0 Å². The second-order valence-corrected chi connectivity index (χ2v) is 27.4. The van der Waals surface area contributed by atoms with E-state index in [1.54, 1.807) is 0 Å². The molecule has 7 amide bonds. The molecule has 648 valence electrons. The summed E-state index contributed by atoms with van der Waals surface area (Å²) >= 11 is 3.90. The molecule has 48 heteroatoms. The van der Waals surface area contributed by atoms with Gasteiger partial charge in [-0.3, -0.25) is 67.3 Å². The molecule has 0 bridgehead atoms. The number of aliphatic carboxylic acids is 4. The van der Waals surface area contributed by atoms with E-state index in [0.717, 1.165) is 0 Å². The van der Waals surface area contributed by atoms with Crippen LogP contribution in [0.15, 0.2) is 35.3 Å². The van der Waals surface area contributed by atoms with Gasteiger partial charge >= 0.3 is 23.9 Å². The highest BCUT2D eigenvalue weighted by Gasteiger charge is 2.38. The molecule has 0 aliphatic carbocycles. The zero-order valence-corrected chi connectivity index (χ0v) is 63.0. The number of anilines is 2. The monoisotopic (exact) mass is 1680 g/mol. The maximum absolute atomic E-state index is 14.8. The van der Waals surface area contributed by atoms with Crippen LogP contribution in [-0.4, -0.2) is 342 Å². The minimum absolute atomic E-state index is 0.0111. The number of aliphatic hydroxyl groups is 15. The maximum atomic E-state index is 14.8. The van der Waals surface area contributed by atoms with Crippen LogP contribution in [-0.2, 0) is 68.9 Å². The van der Waals surface area contributed by atoms with Crippen molar-refractivity contribution in [3.8, 4) is 0 Å². The van der Waals surface area contributed by atoms with Crippen LogP contribution in [0.25, 0.3) is 11.2 Å². The van der Waals surface area contributed by atoms with Gasteiger partial charge in [-0.25, -0.2) is 19.6 Å². The van der Waals surface area contributed by atoms with Crippen LogP contribution in [0.4, 0.5) is 11.6 Å². The van der Waals surface area contributed by atoms with E-state index in [1.807, 2.05) is 0 Å². The first-order chi connectivity index (χ1) is 54.5. The van der Waals surface area contributed by atoms with Crippen molar-refractivity contribution in [2.75, 3.05) is 56.3 Å². The van der Waals surface area contributed by atoms with Gasteiger partial charge in [-0.05, 0) is 62.8 Å². The Labute approximate surface area is 663 Å². The Hall–Kier alpha value is -10.0. The van der Waals surface area contributed by atoms with Gasteiger partial charge in [0.2, 0.25) is 41.4 Å². The summed E-state index contributed by atoms with van der Waals surface area (Å²) in [6.07, 6.45) is -36.5. The van der Waals surface area contributed by atoms with Crippen LogP contribution in [0.1, 0.15) is 112 Å². The lowest BCUT2D eigenvalue weighted by atomic mass is 9.89. The number of ketones is 3. The van der Waals surface area contributed by atoms with E-state index in [9.17, 15) is 164 Å². The number of H-pyrrole nitrogens is 1. The van der Waals surface area contributed by atoms with Gasteiger partial charge in [0.1, 0.15) is 72.8 Å². The van der Waals surface area contributed by atoms with Crippen LogP contribution in [0, 0.1) is 17.8 Å². The van der Waals surface area contributed by atoms with Gasteiger partial charge in [0.25, 0.3) is 11.5 Å². The first-order valence-electron chi connectivity index (χ1n) is 36.0. The fourth-order valence-electron chi connectivity index (χ4n) is 11.0. The van der Waals surface area contributed by atoms with Crippen LogP contribution < -0.4 is 53.8 Å². The quantitative estimate of drug-likeness (QED) is 0.0233. The smallest absolute Gasteiger partial charge is 0.327 e. The van der Waals surface area contributed by atoms with Gasteiger partial charge in [0.05, 0.1) is 68.7 Å². The molecule has 2 aromatic heterocycles. The number of hydrogen-bond acceptors (Lipinski definition) is 36. The Morgan fingerprint density at radius 2 is 0.819 bits per heavy atom. The second-order valence-electron chi connectivity index (χ2n) is 27.0. The molecule has 0 fully saturated rings. The number of carboxylic acid groups (broad SMARTS) is 4. The molecule has 116 heavy (non-hydrogen) atoms. The summed E-state index contributed by atoms with van der Waals surface area (Å²) in [5.41, 5.74) is 5.43. The van der Waals surface area contributed by atoms with Crippen LogP contribution >= 0.6 is 12.6 Å². The van der Waals surface area contributed by atoms with Crippen LogP contribution in [0.2, 0.25) is 0 Å². The predicted octanol–water partition coefficient (Wildman–Crippen LogP) is -11.2. The largest absolute Gasteiger partial charge is 0.481 e. The van der Waals surface area contributed by atoms with Gasteiger partial charge < -0.3 is 145 Å². The highest BCUT2D eigenvalue weighted by atomic mass is 32.1. The molecule has 30 N–H and O–H groups in total. The summed E-state index contributed by atoms with van der Waals surface area (Å²) in [7, 11) is 0. The number of carbonyl (C=O) groups excluding carboxylic acids is 10. The fourth-order valence-corrected chi connectivity index (χ4v) is 11.3. The normalized spacial score (nSPS) is 16.4. The van der Waals surface area contributed by atoms with Crippen LogP contribution in [0.5, 0.6) is 0 Å². The van der Waals surface area contributed by atoms with E-state index >= 15 is 0 Å². The number of carbonyl (C=O) groups is 14. The molecule has 0 radical (unpaired) electrons. The second kappa shape index (κ2) is 50.5. The van der Waals surface area contributed by atoms with Crippen molar-refractivity contribution in [1.82, 2.24) is 57.2 Å². The van der Waals surface area contributed by atoms with Crippen molar-refractivity contribution >= 4 is 118 Å². The molecule has 0 aliphatic rings. The third-order valence-electron chi connectivity index (χ3n) is 18.1. The Bertz CT molecular complexity index is 3870. The fraction of sp³-hybridized carbons (Fsp3) is 0.618. The molecular formula is C68H101N13O34S. The van der Waals surface area contributed by atoms with Gasteiger partial charge in [0, 0.05) is 112 Å². The van der Waals surface area contributed by atoms with E-state index in [-0.39, 0.29) is 29.2 Å². The van der Waals surface area contributed by atoms with E-state index < -0.39 is 345 Å². The van der Waals surface area contributed by atoms with E-state index in [1.165, 1.54) is 30.5 Å². The SMILES string of the molecule is Nc1nc2ncc(CNc3ccc(C(=O)N[C@H](CCC(=O)C[C@@H](CCC(=O)NC[C@H](O)[C@@H](O)[C@H](O)[C@H](O)CO)C(=O)N[C@H](CCC(=O)O)C(=O)C[C@@H](CCC(=O)NC[C@H](O)[C@@H](O)[C@H](O)[C@H](O)CO)C(=O)N[C@H](CCC(=O)O)C(=O)C[C@@H](CCC(=O)NC[C@H](O)[C@@H](O)[C@H](O)[C@H](O)CO)C(=O)N[C@H](CS)C(=O)O)C(=O)O)cc3)nc2c(=O)[nH]1. The summed E-state index contributed by atoms with van der Waals surface area (Å²) in [6.45, 7) is -5.82. The Morgan fingerprint density at radius 1 is 0.448 bits per heavy atom. The van der Waals surface area contributed by atoms with Crippen molar-refractivity contribution in [1.29, 1.82) is 0 Å². The van der Waals surface area contributed by atoms with Gasteiger partial charge in [0.15, 0.2) is 22.7 Å². The van der Waals surface area contributed by atoms with Gasteiger partial charge in [-0.1, -0.05) is 0 Å². The number of amides is 7. The number of Topliss-reactive ketones (excluding diaryl/α,β-unsaturated/α-hetero) is 3. The van der Waals surface area contributed by atoms with Crippen LogP contribution in [0.3, 0.4) is 0 Å². The molecule has 3 aromatic rings. The number of rotatable bonds is 58. The average Bonchev–Trinajstić information content (AvgIpc) is 0.810. The first-order valence-corrected chi connectivity index (χ1v) is 36.6. The number of aromatic amines is 1. The molecule has 0 spiro atoms. The number of fused-ring (bicyclic) bond motifs is 1. The summed E-state index contributed by atoms with van der Waals surface area (Å²) in [6, 6.07) is -2.18. The highest BCUT2D eigenvalue weighted by molar-refractivity contribution is 7.80. The molecule has 19 atom stereocenters. The highest BCUT2D eigenvalue weighted by Crippen LogP contribution is 2.23. The molecule has 0 aliphatic heterocycles. The Morgan fingerprint density at radius 3 is 1.19 bits per heavy atom. The van der Waals surface area contributed by atoms with Gasteiger partial charge in [-0.15, -0.1) is 0 Å². The third kappa shape index (κ3) is 34.4. The molecule has 3 rings (SSSR count). The Balaban J connectivity index is 2.05. The zero-order chi connectivity index (χ0) is 87.4. The number of hydrogen-bond donors (Lipinski definition) is 30. The molecular weight excluding hydrogens is 1570 g/mol. The standard InChI is InChI=1S/C68H101N13O34S/c69-68-80-60-53(65(111)81-68)75-34(21-74-60)20-70-33-6-1-29(2-7-33)61(107)78-38(66(112)113)9-8-35(85)17-30(3-12-48(94)71-22-42(88)54(101)57(104)45(91)25-82)62(108)76-36(10-15-51(97)98)40(86)18-31(4-13-49(95)72-23-43(89)55(102)58(105)46(92)26-83)63(109)77-37(11-16-52(99)100)41(87)19-32(64(110)79-39(28-116)67(114)115)5-14-50(96)73-24-44(90)56(103)59(106)47(93)27-84/h1-2,6-7,21,30-32,36-39,42-47,54-59,70,82-84,88-93,101-106,116H,3-5,8-20,22-28H2,(H,71,94)(H,72,95)(H,73,96)(H,76,108)(H,77,109)(H,78,107)(H,79,110)(H,97,98)(H,99,100)(H,112,113)(H,114,115)(H3,69,74,80,81,111)/t30-,31-,32-,36-,37-,38-,39-,42+,43+,44+,45-,46-,47-,54-,55-,56-,57-,58-,59-/m1/s1. The number of thiol groups is 1. The minimum Gasteiger partial charge on any atom is -0.481 e. The number of nitrogens with zero attached hydrogens (tertiary/aromatic N) is 3. The zero-order valence-electron chi connectivity index (χ0n) is 62.1. The minimum atomic E-state index is -2.22. The number of carboxylic acids is 4. The first kappa shape index (κ1) is 100. The number of nitrogens with two attached hydrogens (primary N) is 1. The number of aliphatic hydroxyl groups excluding tert-OH is 15. The number of aromatic nitrogens is 4. The number of nitrogens with one attached hydrogen (secondary N) is 9. The predicted molar refractivity (Wildman–Crippen MR) is 395 cm³/mol. The molecule has 0 saturated carbocycles. The van der Waals surface area contributed by atoms with Crippen molar-refractivity contribution in [3.05, 3.63) is 52.1 Å². The summed E-state index contributed by atoms with van der Waals surface area (Å²) in [5.74, 6) is -24.3. The lowest BCUT2D eigenvalue weighted by molar-refractivity contribution is -0.142. The molecule has 1 aromatic carbocycles. The number of benzene rings is 1. The third-order valence-corrected chi connectivity index (χ3v) is 18.4. The number of nitrogen functional groups attached to an aromatic ring is 1. The summed E-state index contributed by atoms with van der Waals surface area (Å²) in [4.78, 5) is 215. The lowest BCUT2D eigenvalue weighted by Crippen LogP contribution is -2.50. The maximum Gasteiger partial charge on any atom is 0.327 e.